The van der Waals surface area contributed by atoms with E-state index in [9.17, 15) is 4.39 Å². The molecule has 8 heteroatoms. The van der Waals surface area contributed by atoms with Crippen LogP contribution in [0.3, 0.4) is 0 Å². The predicted octanol–water partition coefficient (Wildman–Crippen LogP) is 2.65. The summed E-state index contributed by atoms with van der Waals surface area (Å²) in [5, 5.41) is 7.44. The predicted molar refractivity (Wildman–Crippen MR) is 108 cm³/mol. The van der Waals surface area contributed by atoms with Gasteiger partial charge in [0.2, 0.25) is 0 Å². The Morgan fingerprint density at radius 2 is 2.08 bits per heavy atom. The van der Waals surface area contributed by atoms with Crippen molar-refractivity contribution in [3.05, 3.63) is 48.0 Å². The highest BCUT2D eigenvalue weighted by atomic mass is 127. The molecule has 1 unspecified atom stereocenters. The molecule has 6 nitrogen and oxygen atoms in total. The van der Waals surface area contributed by atoms with E-state index in [4.69, 9.17) is 4.74 Å². The van der Waals surface area contributed by atoms with Crippen LogP contribution in [-0.4, -0.2) is 47.4 Å². The minimum Gasteiger partial charge on any atom is -0.489 e. The van der Waals surface area contributed by atoms with Crippen LogP contribution < -0.4 is 10.1 Å². The molecule has 0 saturated heterocycles. The summed E-state index contributed by atoms with van der Waals surface area (Å²) in [5.41, 5.74) is 1.11. The molecule has 1 aromatic heterocycles. The molecule has 1 N–H and O–H groups in total. The Balaban J connectivity index is 0.00000312. The molecule has 0 aliphatic rings. The van der Waals surface area contributed by atoms with Crippen molar-refractivity contribution >= 4 is 29.9 Å². The number of halogens is 2. The minimum atomic E-state index is -0.273. The van der Waals surface area contributed by atoms with E-state index >= 15 is 0 Å². The minimum absolute atomic E-state index is 0. The average Bonchev–Trinajstić information content (AvgIpc) is 2.95. The van der Waals surface area contributed by atoms with E-state index in [2.05, 4.69) is 15.4 Å². The first-order valence-electron chi connectivity index (χ1n) is 7.79. The Kier molecular flexibility index (Phi) is 8.67. The molecule has 0 amide bonds. The number of nitrogens with one attached hydrogen (secondary N) is 1. The van der Waals surface area contributed by atoms with Crippen LogP contribution in [0.25, 0.3) is 0 Å². The van der Waals surface area contributed by atoms with Gasteiger partial charge in [0.15, 0.2) is 5.96 Å². The Hall–Kier alpha value is -1.84. The fourth-order valence-electron chi connectivity index (χ4n) is 2.31. The van der Waals surface area contributed by atoms with Crippen LogP contribution in [0.15, 0.2) is 41.7 Å². The van der Waals surface area contributed by atoms with Crippen LogP contribution in [-0.2, 0) is 13.6 Å². The monoisotopic (exact) mass is 461 g/mol. The van der Waals surface area contributed by atoms with Crippen LogP contribution >= 0.6 is 24.0 Å². The van der Waals surface area contributed by atoms with Crippen LogP contribution in [0.4, 0.5) is 4.39 Å². The smallest absolute Gasteiger partial charge is 0.193 e. The zero-order valence-electron chi connectivity index (χ0n) is 14.9. The lowest BCUT2D eigenvalue weighted by atomic mass is 10.3. The molecule has 0 aliphatic carbocycles. The molecular formula is C17H25FIN5O. The van der Waals surface area contributed by atoms with Gasteiger partial charge in [0.25, 0.3) is 0 Å². The summed E-state index contributed by atoms with van der Waals surface area (Å²) in [7, 11) is 5.60. The zero-order chi connectivity index (χ0) is 17.5. The van der Waals surface area contributed by atoms with Crippen molar-refractivity contribution in [3.8, 4) is 5.75 Å². The van der Waals surface area contributed by atoms with Gasteiger partial charge < -0.3 is 15.0 Å². The molecule has 1 atom stereocenters. The molecule has 0 aliphatic heterocycles. The lowest BCUT2D eigenvalue weighted by Crippen LogP contribution is -2.42. The number of hydrogen-bond acceptors (Lipinski definition) is 3. The van der Waals surface area contributed by atoms with Gasteiger partial charge in [0.1, 0.15) is 17.7 Å². The quantitative estimate of drug-likeness (QED) is 0.409. The summed E-state index contributed by atoms with van der Waals surface area (Å²) in [6.07, 6.45) is 3.73. The van der Waals surface area contributed by atoms with E-state index in [1.165, 1.54) is 12.1 Å². The van der Waals surface area contributed by atoms with Crippen LogP contribution in [0.2, 0.25) is 0 Å². The Bertz CT molecular complexity index is 674. The van der Waals surface area contributed by atoms with Gasteiger partial charge in [-0.2, -0.15) is 5.10 Å². The van der Waals surface area contributed by atoms with Crippen LogP contribution in [0, 0.1) is 5.82 Å². The molecule has 0 spiro atoms. The van der Waals surface area contributed by atoms with Crippen molar-refractivity contribution in [1.29, 1.82) is 0 Å². The van der Waals surface area contributed by atoms with E-state index in [-0.39, 0.29) is 35.9 Å². The van der Waals surface area contributed by atoms with Gasteiger partial charge >= 0.3 is 0 Å². The first-order valence-corrected chi connectivity index (χ1v) is 7.79. The van der Waals surface area contributed by atoms with Gasteiger partial charge in [-0.1, -0.05) is 0 Å². The maximum Gasteiger partial charge on any atom is 0.193 e. The Morgan fingerprint density at radius 3 is 2.64 bits per heavy atom. The molecule has 2 rings (SSSR count). The maximum atomic E-state index is 12.9. The van der Waals surface area contributed by atoms with Gasteiger partial charge in [-0.05, 0) is 31.2 Å². The number of aliphatic imine (C=N–C) groups is 1. The highest BCUT2D eigenvalue weighted by molar-refractivity contribution is 14.0. The van der Waals surface area contributed by atoms with Crippen molar-refractivity contribution in [3.63, 3.8) is 0 Å². The molecule has 0 radical (unpaired) electrons. The third kappa shape index (κ3) is 6.89. The summed E-state index contributed by atoms with van der Waals surface area (Å²) in [5.74, 6) is 1.14. The van der Waals surface area contributed by atoms with Gasteiger partial charge in [-0.15, -0.1) is 24.0 Å². The van der Waals surface area contributed by atoms with E-state index < -0.39 is 0 Å². The first-order chi connectivity index (χ1) is 11.5. The number of guanidine groups is 1. The number of hydrogen-bond donors (Lipinski definition) is 1. The Labute approximate surface area is 165 Å². The first kappa shape index (κ1) is 21.2. The zero-order valence-corrected chi connectivity index (χ0v) is 17.3. The molecule has 0 bridgehead atoms. The normalized spacial score (nSPS) is 12.3. The fourth-order valence-corrected chi connectivity index (χ4v) is 2.31. The lowest BCUT2D eigenvalue weighted by molar-refractivity contribution is 0.222. The number of ether oxygens (including phenoxy) is 1. The van der Waals surface area contributed by atoms with Gasteiger partial charge in [0, 0.05) is 39.4 Å². The number of rotatable bonds is 6. The molecule has 1 aromatic carbocycles. The largest absolute Gasteiger partial charge is 0.489 e. The van der Waals surface area contributed by atoms with Gasteiger partial charge in [-0.25, -0.2) is 4.39 Å². The van der Waals surface area contributed by atoms with E-state index in [1.54, 1.807) is 23.9 Å². The highest BCUT2D eigenvalue weighted by Crippen LogP contribution is 2.12. The Morgan fingerprint density at radius 1 is 1.40 bits per heavy atom. The summed E-state index contributed by atoms with van der Waals surface area (Å²) >= 11 is 0. The molecular weight excluding hydrogens is 436 g/mol. The van der Waals surface area contributed by atoms with Crippen molar-refractivity contribution in [2.45, 2.75) is 19.6 Å². The second kappa shape index (κ2) is 10.2. The van der Waals surface area contributed by atoms with Crippen molar-refractivity contribution in [2.75, 3.05) is 20.6 Å². The van der Waals surface area contributed by atoms with Crippen molar-refractivity contribution < 1.29 is 9.13 Å². The van der Waals surface area contributed by atoms with Gasteiger partial charge in [0.05, 0.1) is 12.7 Å². The molecule has 138 valence electrons. The van der Waals surface area contributed by atoms with Crippen molar-refractivity contribution in [2.24, 2.45) is 12.0 Å². The number of benzene rings is 1. The molecule has 2 aromatic rings. The summed E-state index contributed by atoms with van der Waals surface area (Å²) in [6, 6.07) is 6.01. The van der Waals surface area contributed by atoms with Gasteiger partial charge in [-0.3, -0.25) is 9.67 Å². The molecule has 1 heterocycles. The SMILES string of the molecule is CN=C(NCC(C)Oc1ccc(F)cc1)N(C)Cc1cnn(C)c1.I. The standard InChI is InChI=1S/C17H24FN5O.HI/c1-13(24-16-7-5-15(18)6-8-16)9-20-17(19-2)22(3)11-14-10-21-23(4)12-14;/h5-8,10,12-13H,9,11H2,1-4H3,(H,19,20);1H. The van der Waals surface area contributed by atoms with Crippen LogP contribution in [0.1, 0.15) is 12.5 Å². The van der Waals surface area contributed by atoms with E-state index in [0.29, 0.717) is 18.8 Å². The van der Waals surface area contributed by atoms with Crippen molar-refractivity contribution in [1.82, 2.24) is 20.0 Å². The lowest BCUT2D eigenvalue weighted by Gasteiger charge is -2.23. The van der Waals surface area contributed by atoms with E-state index in [1.807, 2.05) is 38.3 Å². The third-order valence-electron chi connectivity index (χ3n) is 3.45. The fraction of sp³-hybridized carbons (Fsp3) is 0.412. The third-order valence-corrected chi connectivity index (χ3v) is 3.45. The number of aromatic nitrogens is 2. The average molecular weight is 461 g/mol. The highest BCUT2D eigenvalue weighted by Gasteiger charge is 2.10. The van der Waals surface area contributed by atoms with Crippen LogP contribution in [0.5, 0.6) is 5.75 Å². The number of aryl methyl sites for hydroxylation is 1. The summed E-state index contributed by atoms with van der Waals surface area (Å²) < 4.78 is 20.4. The maximum absolute atomic E-state index is 12.9. The number of nitrogens with zero attached hydrogens (tertiary/aromatic N) is 4. The second-order valence-electron chi connectivity index (χ2n) is 5.69. The molecule has 25 heavy (non-hydrogen) atoms. The van der Waals surface area contributed by atoms with E-state index in [0.717, 1.165) is 11.5 Å². The molecule has 0 fully saturated rings. The molecule has 0 saturated carbocycles. The summed E-state index contributed by atoms with van der Waals surface area (Å²) in [6.45, 7) is 3.24. The second-order valence-corrected chi connectivity index (χ2v) is 5.69. The summed E-state index contributed by atoms with van der Waals surface area (Å²) in [4.78, 5) is 6.30. The topological polar surface area (TPSA) is 54.7 Å².